The average molecular weight is 346 g/mol. The van der Waals surface area contributed by atoms with Gasteiger partial charge in [-0.15, -0.1) is 0 Å². The molecule has 19 heavy (non-hydrogen) atoms. The van der Waals surface area contributed by atoms with Gasteiger partial charge in [0.2, 0.25) is 0 Å². The first-order valence-electron chi connectivity index (χ1n) is 5.09. The van der Waals surface area contributed by atoms with Crippen LogP contribution >= 0.6 is 33.9 Å². The normalized spacial score (nSPS) is 12.3. The highest BCUT2D eigenvalue weighted by molar-refractivity contribution is 8.13. The molecule has 1 rings (SSSR count). The fourth-order valence-electron chi connectivity index (χ4n) is 1.19. The third kappa shape index (κ3) is 4.53. The monoisotopic (exact) mass is 344 g/mol. The summed E-state index contributed by atoms with van der Waals surface area (Å²) >= 11 is 11.6. The van der Waals surface area contributed by atoms with Crippen molar-refractivity contribution in [3.63, 3.8) is 0 Å². The van der Waals surface area contributed by atoms with Crippen LogP contribution < -0.4 is 0 Å². The second kappa shape index (κ2) is 5.48. The van der Waals surface area contributed by atoms with E-state index in [4.69, 9.17) is 38.6 Å². The molecule has 0 aliphatic carbocycles. The highest BCUT2D eigenvalue weighted by Crippen LogP contribution is 2.31. The first-order valence-corrected chi connectivity index (χ1v) is 8.15. The van der Waals surface area contributed by atoms with Crippen LogP contribution in [0.15, 0.2) is 17.0 Å². The molecule has 0 aliphatic rings. The summed E-state index contributed by atoms with van der Waals surface area (Å²) in [5.41, 5.74) is -0.897. The third-order valence-corrected chi connectivity index (χ3v) is 4.04. The van der Waals surface area contributed by atoms with Crippen molar-refractivity contribution in [1.29, 1.82) is 0 Å². The fourth-order valence-corrected chi connectivity index (χ4v) is 2.44. The Balaban J connectivity index is 3.36. The van der Waals surface area contributed by atoms with Gasteiger partial charge >= 0.3 is 5.97 Å². The predicted molar refractivity (Wildman–Crippen MR) is 74.7 cm³/mol. The maximum Gasteiger partial charge on any atom is 0.340 e. The van der Waals surface area contributed by atoms with Gasteiger partial charge < -0.3 is 4.74 Å². The summed E-state index contributed by atoms with van der Waals surface area (Å²) in [4.78, 5) is 11.6. The zero-order valence-electron chi connectivity index (χ0n) is 10.3. The third-order valence-electron chi connectivity index (χ3n) is 1.90. The van der Waals surface area contributed by atoms with Crippen molar-refractivity contribution in [3.05, 3.63) is 27.7 Å². The van der Waals surface area contributed by atoms with Gasteiger partial charge in [-0.3, -0.25) is 0 Å². The zero-order valence-corrected chi connectivity index (χ0v) is 13.4. The number of rotatable bonds is 2. The van der Waals surface area contributed by atoms with Crippen LogP contribution in [0.4, 0.5) is 0 Å². The Hall–Kier alpha value is -0.490. The first kappa shape index (κ1) is 16.6. The van der Waals surface area contributed by atoms with E-state index in [0.717, 1.165) is 12.1 Å². The summed E-state index contributed by atoms with van der Waals surface area (Å²) < 4.78 is 27.6. The highest BCUT2D eigenvalue weighted by atomic mass is 35.7. The number of ether oxygens (including phenoxy) is 1. The van der Waals surface area contributed by atoms with Crippen LogP contribution in [0.2, 0.25) is 10.0 Å². The second-order valence-corrected chi connectivity index (χ2v) is 8.06. The number of carbonyl (C=O) groups is 1. The lowest BCUT2D eigenvalue weighted by Crippen LogP contribution is -2.24. The van der Waals surface area contributed by atoms with Gasteiger partial charge in [-0.1, -0.05) is 23.2 Å². The highest BCUT2D eigenvalue weighted by Gasteiger charge is 2.24. The van der Waals surface area contributed by atoms with Crippen molar-refractivity contribution in [3.8, 4) is 0 Å². The molecule has 1 aromatic carbocycles. The molecule has 0 spiro atoms. The fraction of sp³-hybridized carbons (Fsp3) is 0.364. The van der Waals surface area contributed by atoms with Crippen molar-refractivity contribution < 1.29 is 17.9 Å². The summed E-state index contributed by atoms with van der Waals surface area (Å²) in [6.07, 6.45) is 0. The van der Waals surface area contributed by atoms with Crippen LogP contribution in [-0.4, -0.2) is 20.0 Å². The number of esters is 1. The molecular formula is C11H11Cl3O4S. The van der Waals surface area contributed by atoms with Crippen LogP contribution in [0.5, 0.6) is 0 Å². The minimum Gasteiger partial charge on any atom is -0.456 e. The number of hydrogen-bond acceptors (Lipinski definition) is 4. The van der Waals surface area contributed by atoms with Gasteiger partial charge in [0, 0.05) is 10.7 Å². The molecule has 0 atom stereocenters. The molecule has 0 heterocycles. The summed E-state index contributed by atoms with van der Waals surface area (Å²) in [5.74, 6) is -0.776. The molecule has 0 saturated carbocycles. The molecule has 4 nitrogen and oxygen atoms in total. The predicted octanol–water partition coefficient (Wildman–Crippen LogP) is 3.88. The van der Waals surface area contributed by atoms with E-state index in [1.807, 2.05) is 0 Å². The van der Waals surface area contributed by atoms with Gasteiger partial charge in [-0.2, -0.15) is 0 Å². The molecule has 0 aromatic heterocycles. The molecule has 0 N–H and O–H groups in total. The maximum absolute atomic E-state index is 11.9. The molecule has 0 amide bonds. The minimum absolute atomic E-state index is 0.0833. The lowest BCUT2D eigenvalue weighted by Gasteiger charge is -2.20. The van der Waals surface area contributed by atoms with Crippen molar-refractivity contribution in [2.75, 3.05) is 0 Å². The first-order chi connectivity index (χ1) is 8.42. The van der Waals surface area contributed by atoms with E-state index in [1.54, 1.807) is 20.8 Å². The van der Waals surface area contributed by atoms with Gasteiger partial charge in [0.25, 0.3) is 9.05 Å². The van der Waals surface area contributed by atoms with Crippen LogP contribution in [0.1, 0.15) is 31.1 Å². The minimum atomic E-state index is -4.02. The Bertz CT molecular complexity index is 618. The van der Waals surface area contributed by atoms with Crippen molar-refractivity contribution in [1.82, 2.24) is 0 Å². The quantitative estimate of drug-likeness (QED) is 0.603. The number of benzene rings is 1. The Morgan fingerprint density at radius 3 is 2.16 bits per heavy atom. The van der Waals surface area contributed by atoms with Crippen LogP contribution in [-0.2, 0) is 13.8 Å². The van der Waals surface area contributed by atoms with E-state index >= 15 is 0 Å². The molecule has 106 valence electrons. The van der Waals surface area contributed by atoms with E-state index in [9.17, 15) is 13.2 Å². The Kier molecular flexibility index (Phi) is 4.78. The Labute approximate surface area is 126 Å². The summed E-state index contributed by atoms with van der Waals surface area (Å²) in [7, 11) is 1.19. The molecule has 0 bridgehead atoms. The standard InChI is InChI=1S/C11H11Cl3O4S/c1-11(2,3)18-10(15)7-4-6(19(14,16)17)5-8(12)9(7)13/h4-5H,1-3H3. The average Bonchev–Trinajstić information content (AvgIpc) is 2.17. The molecule has 0 aliphatic heterocycles. The van der Waals surface area contributed by atoms with Crippen LogP contribution in [0.3, 0.4) is 0 Å². The molecule has 0 radical (unpaired) electrons. The molecule has 8 heteroatoms. The topological polar surface area (TPSA) is 60.4 Å². The van der Waals surface area contributed by atoms with E-state index in [0.29, 0.717) is 0 Å². The number of carbonyl (C=O) groups excluding carboxylic acids is 1. The molecule has 0 saturated heterocycles. The van der Waals surface area contributed by atoms with Gasteiger partial charge in [-0.25, -0.2) is 13.2 Å². The Morgan fingerprint density at radius 1 is 1.21 bits per heavy atom. The number of halogens is 3. The van der Waals surface area contributed by atoms with Gasteiger partial charge in [-0.05, 0) is 32.9 Å². The molecule has 0 fully saturated rings. The van der Waals surface area contributed by atoms with E-state index in [2.05, 4.69) is 0 Å². The summed E-state index contributed by atoms with van der Waals surface area (Å²) in [5, 5.41) is -0.177. The van der Waals surface area contributed by atoms with Crippen LogP contribution in [0, 0.1) is 0 Å². The summed E-state index contributed by atoms with van der Waals surface area (Å²) in [6, 6.07) is 2.10. The van der Waals surface area contributed by atoms with Gasteiger partial charge in [0.1, 0.15) is 5.60 Å². The lowest BCUT2D eigenvalue weighted by molar-refractivity contribution is 0.00695. The van der Waals surface area contributed by atoms with E-state index in [-0.39, 0.29) is 20.5 Å². The van der Waals surface area contributed by atoms with Crippen molar-refractivity contribution >= 4 is 48.9 Å². The Morgan fingerprint density at radius 2 is 1.74 bits per heavy atom. The molecule has 0 unspecified atom stereocenters. The summed E-state index contributed by atoms with van der Waals surface area (Å²) in [6.45, 7) is 5.01. The van der Waals surface area contributed by atoms with Crippen molar-refractivity contribution in [2.45, 2.75) is 31.3 Å². The van der Waals surface area contributed by atoms with Gasteiger partial charge in [0.05, 0.1) is 20.5 Å². The SMILES string of the molecule is CC(C)(C)OC(=O)c1cc(S(=O)(=O)Cl)cc(Cl)c1Cl. The number of hydrogen-bond donors (Lipinski definition) is 0. The maximum atomic E-state index is 11.9. The van der Waals surface area contributed by atoms with E-state index < -0.39 is 20.6 Å². The van der Waals surface area contributed by atoms with E-state index in [1.165, 1.54) is 0 Å². The van der Waals surface area contributed by atoms with Crippen molar-refractivity contribution in [2.24, 2.45) is 0 Å². The van der Waals surface area contributed by atoms with Crippen LogP contribution in [0.25, 0.3) is 0 Å². The smallest absolute Gasteiger partial charge is 0.340 e. The molecule has 1 aromatic rings. The largest absolute Gasteiger partial charge is 0.456 e. The molecular weight excluding hydrogens is 335 g/mol. The van der Waals surface area contributed by atoms with Gasteiger partial charge in [0.15, 0.2) is 0 Å². The second-order valence-electron chi connectivity index (χ2n) is 4.71. The zero-order chi connectivity index (χ0) is 15.0. The lowest BCUT2D eigenvalue weighted by atomic mass is 10.1.